The number of nitrogens with one attached hydrogen (secondary N) is 1. The fraction of sp³-hybridized carbons (Fsp3) is 0.381. The monoisotopic (exact) mass is 399 g/mol. The number of methoxy groups -OCH3 is 2. The Morgan fingerprint density at radius 3 is 2.45 bits per heavy atom. The second-order valence-electron chi connectivity index (χ2n) is 7.16. The first-order chi connectivity index (χ1) is 13.9. The molecular formula is C21H25N3O5. The number of carbonyl (C=O) groups is 1. The zero-order valence-electron chi connectivity index (χ0n) is 16.8. The summed E-state index contributed by atoms with van der Waals surface area (Å²) in [5, 5.41) is 13.9. The van der Waals surface area contributed by atoms with Gasteiger partial charge in [0.25, 0.3) is 11.6 Å². The van der Waals surface area contributed by atoms with Crippen LogP contribution in [0.25, 0.3) is 0 Å². The van der Waals surface area contributed by atoms with Crippen LogP contribution < -0.4 is 14.8 Å². The van der Waals surface area contributed by atoms with Gasteiger partial charge < -0.3 is 19.7 Å². The molecular weight excluding hydrogens is 374 g/mol. The predicted molar refractivity (Wildman–Crippen MR) is 109 cm³/mol. The Labute approximate surface area is 169 Å². The van der Waals surface area contributed by atoms with Crippen molar-refractivity contribution in [1.29, 1.82) is 0 Å². The summed E-state index contributed by atoms with van der Waals surface area (Å²) in [6, 6.07) is 11.4. The van der Waals surface area contributed by atoms with Gasteiger partial charge in [-0.05, 0) is 49.8 Å². The lowest BCUT2D eigenvalue weighted by atomic mass is 9.85. The molecule has 0 aromatic heterocycles. The summed E-state index contributed by atoms with van der Waals surface area (Å²) < 4.78 is 10.8. The quantitative estimate of drug-likeness (QED) is 0.593. The average molecular weight is 399 g/mol. The van der Waals surface area contributed by atoms with E-state index in [1.807, 2.05) is 18.2 Å². The highest BCUT2D eigenvalue weighted by atomic mass is 16.6. The van der Waals surface area contributed by atoms with Gasteiger partial charge >= 0.3 is 0 Å². The maximum Gasteiger partial charge on any atom is 0.269 e. The SMILES string of the molecule is COc1ccc([C@@H]2CN(C)CC[C@@H]2NC(=O)c2ccc([N+](=O)[O-])cc2)cc1OC. The zero-order chi connectivity index (χ0) is 21.0. The van der Waals surface area contributed by atoms with Crippen LogP contribution in [0.3, 0.4) is 0 Å². The van der Waals surface area contributed by atoms with Crippen molar-refractivity contribution in [1.82, 2.24) is 10.2 Å². The fourth-order valence-electron chi connectivity index (χ4n) is 3.70. The van der Waals surface area contributed by atoms with E-state index in [9.17, 15) is 14.9 Å². The number of benzene rings is 2. The maximum absolute atomic E-state index is 12.7. The summed E-state index contributed by atoms with van der Waals surface area (Å²) in [5.41, 5.74) is 1.42. The molecule has 0 spiro atoms. The number of hydrogen-bond acceptors (Lipinski definition) is 6. The Kier molecular flexibility index (Phi) is 6.33. The van der Waals surface area contributed by atoms with Crippen molar-refractivity contribution < 1.29 is 19.2 Å². The average Bonchev–Trinajstić information content (AvgIpc) is 2.74. The Morgan fingerprint density at radius 1 is 1.14 bits per heavy atom. The predicted octanol–water partition coefficient (Wildman–Crippen LogP) is 2.83. The van der Waals surface area contributed by atoms with E-state index in [2.05, 4.69) is 17.3 Å². The smallest absolute Gasteiger partial charge is 0.269 e. The molecule has 1 aliphatic rings. The van der Waals surface area contributed by atoms with Gasteiger partial charge in [0.15, 0.2) is 11.5 Å². The van der Waals surface area contributed by atoms with Crippen LogP contribution in [0.4, 0.5) is 5.69 Å². The number of carbonyl (C=O) groups excluding carboxylic acids is 1. The second kappa shape index (κ2) is 8.91. The number of nitrogens with zero attached hydrogens (tertiary/aromatic N) is 2. The molecule has 8 heteroatoms. The molecule has 0 unspecified atom stereocenters. The van der Waals surface area contributed by atoms with Crippen LogP contribution in [0.15, 0.2) is 42.5 Å². The molecule has 2 aromatic carbocycles. The van der Waals surface area contributed by atoms with E-state index < -0.39 is 4.92 Å². The molecule has 0 aliphatic carbocycles. The first-order valence-corrected chi connectivity index (χ1v) is 9.38. The van der Waals surface area contributed by atoms with Crippen molar-refractivity contribution in [2.45, 2.75) is 18.4 Å². The van der Waals surface area contributed by atoms with Crippen LogP contribution in [-0.2, 0) is 0 Å². The summed E-state index contributed by atoms with van der Waals surface area (Å²) in [5.74, 6) is 1.15. The molecule has 0 bridgehead atoms. The van der Waals surface area contributed by atoms with Crippen molar-refractivity contribution in [3.8, 4) is 11.5 Å². The molecule has 1 aliphatic heterocycles. The van der Waals surface area contributed by atoms with E-state index >= 15 is 0 Å². The molecule has 2 aromatic rings. The van der Waals surface area contributed by atoms with Crippen molar-refractivity contribution in [3.63, 3.8) is 0 Å². The first-order valence-electron chi connectivity index (χ1n) is 9.38. The third kappa shape index (κ3) is 4.65. The maximum atomic E-state index is 12.7. The minimum atomic E-state index is -0.480. The van der Waals surface area contributed by atoms with Crippen molar-refractivity contribution in [2.75, 3.05) is 34.4 Å². The normalized spacial score (nSPS) is 19.4. The van der Waals surface area contributed by atoms with Crippen LogP contribution in [0.5, 0.6) is 11.5 Å². The third-order valence-electron chi connectivity index (χ3n) is 5.31. The van der Waals surface area contributed by atoms with Crippen LogP contribution in [0, 0.1) is 10.1 Å². The van der Waals surface area contributed by atoms with E-state index in [1.54, 1.807) is 14.2 Å². The highest BCUT2D eigenvalue weighted by Gasteiger charge is 2.31. The van der Waals surface area contributed by atoms with E-state index in [0.717, 1.165) is 25.1 Å². The van der Waals surface area contributed by atoms with Gasteiger partial charge in [-0.1, -0.05) is 6.07 Å². The minimum Gasteiger partial charge on any atom is -0.493 e. The number of non-ortho nitro benzene ring substituents is 1. The molecule has 0 saturated carbocycles. The molecule has 154 valence electrons. The van der Waals surface area contributed by atoms with Crippen LogP contribution in [-0.4, -0.2) is 56.1 Å². The van der Waals surface area contributed by atoms with Gasteiger partial charge in [0, 0.05) is 36.2 Å². The summed E-state index contributed by atoms with van der Waals surface area (Å²) >= 11 is 0. The highest BCUT2D eigenvalue weighted by Crippen LogP contribution is 2.34. The van der Waals surface area contributed by atoms with Gasteiger partial charge in [0.1, 0.15) is 0 Å². The number of likely N-dealkylation sites (tertiary alicyclic amines) is 1. The van der Waals surface area contributed by atoms with Gasteiger partial charge in [-0.3, -0.25) is 14.9 Å². The lowest BCUT2D eigenvalue weighted by Crippen LogP contribution is -2.48. The van der Waals surface area contributed by atoms with E-state index in [4.69, 9.17) is 9.47 Å². The Balaban J connectivity index is 1.81. The van der Waals surface area contributed by atoms with Gasteiger partial charge in [0.2, 0.25) is 0 Å². The number of hydrogen-bond donors (Lipinski definition) is 1. The van der Waals surface area contributed by atoms with Crippen LogP contribution in [0.2, 0.25) is 0 Å². The Bertz CT molecular complexity index is 884. The number of ether oxygens (including phenoxy) is 2. The summed E-state index contributed by atoms with van der Waals surface area (Å²) in [7, 11) is 5.25. The number of likely N-dealkylation sites (N-methyl/N-ethyl adjacent to an activating group) is 1. The molecule has 0 radical (unpaired) electrons. The minimum absolute atomic E-state index is 0.0379. The highest BCUT2D eigenvalue weighted by molar-refractivity contribution is 5.94. The molecule has 1 amide bonds. The molecule has 1 N–H and O–H groups in total. The van der Waals surface area contributed by atoms with Crippen LogP contribution >= 0.6 is 0 Å². The van der Waals surface area contributed by atoms with Gasteiger partial charge in [-0.25, -0.2) is 0 Å². The van der Waals surface area contributed by atoms with Crippen molar-refractivity contribution in [2.24, 2.45) is 0 Å². The molecule has 2 atom stereocenters. The molecule has 1 heterocycles. The number of nitro groups is 1. The largest absolute Gasteiger partial charge is 0.493 e. The molecule has 1 fully saturated rings. The van der Waals surface area contributed by atoms with Crippen molar-refractivity contribution >= 4 is 11.6 Å². The van der Waals surface area contributed by atoms with Crippen LogP contribution in [0.1, 0.15) is 28.3 Å². The topological polar surface area (TPSA) is 93.9 Å². The number of piperidine rings is 1. The third-order valence-corrected chi connectivity index (χ3v) is 5.31. The van der Waals surface area contributed by atoms with E-state index in [1.165, 1.54) is 24.3 Å². The van der Waals surface area contributed by atoms with Crippen molar-refractivity contribution in [3.05, 3.63) is 63.7 Å². The summed E-state index contributed by atoms with van der Waals surface area (Å²) in [6.07, 6.45) is 0.800. The summed E-state index contributed by atoms with van der Waals surface area (Å²) in [4.78, 5) is 25.3. The first kappa shape index (κ1) is 20.6. The lowest BCUT2D eigenvalue weighted by Gasteiger charge is -2.37. The standard InChI is InChI=1S/C21H25N3O5/c1-23-11-10-18(22-21(25)14-4-7-16(8-5-14)24(26)27)17(13-23)15-6-9-19(28-2)20(12-15)29-3/h4-9,12,17-18H,10-11,13H2,1-3H3,(H,22,25)/t17-,18-/m0/s1. The summed E-state index contributed by atoms with van der Waals surface area (Å²) in [6.45, 7) is 1.66. The van der Waals surface area contributed by atoms with Gasteiger partial charge in [0.05, 0.1) is 19.1 Å². The Morgan fingerprint density at radius 2 is 1.83 bits per heavy atom. The Hall–Kier alpha value is -3.13. The zero-order valence-corrected chi connectivity index (χ0v) is 16.8. The number of nitro benzene ring substituents is 1. The molecule has 8 nitrogen and oxygen atoms in total. The molecule has 29 heavy (non-hydrogen) atoms. The number of rotatable bonds is 6. The fourth-order valence-corrected chi connectivity index (χ4v) is 3.70. The number of amides is 1. The van der Waals surface area contributed by atoms with E-state index in [-0.39, 0.29) is 23.6 Å². The molecule has 3 rings (SSSR count). The van der Waals surface area contributed by atoms with Gasteiger partial charge in [-0.2, -0.15) is 0 Å². The second-order valence-corrected chi connectivity index (χ2v) is 7.16. The molecule has 1 saturated heterocycles. The lowest BCUT2D eigenvalue weighted by molar-refractivity contribution is -0.384. The van der Waals surface area contributed by atoms with Gasteiger partial charge in [-0.15, -0.1) is 0 Å². The van der Waals surface area contributed by atoms with E-state index in [0.29, 0.717) is 17.1 Å².